The monoisotopic (exact) mass is 272 g/mol. The van der Waals surface area contributed by atoms with Crippen LogP contribution in [-0.2, 0) is 4.79 Å². The topological polar surface area (TPSA) is 70.1 Å². The molecule has 1 saturated carbocycles. The first-order chi connectivity index (χ1) is 9.74. The van der Waals surface area contributed by atoms with E-state index >= 15 is 0 Å². The van der Waals surface area contributed by atoms with E-state index in [-0.39, 0.29) is 17.6 Å². The lowest BCUT2D eigenvalue weighted by Crippen LogP contribution is -2.19. The molecule has 1 fully saturated rings. The third-order valence-corrected chi connectivity index (χ3v) is 3.14. The van der Waals surface area contributed by atoms with Crippen LogP contribution in [0, 0.1) is 11.7 Å². The fourth-order valence-corrected chi connectivity index (χ4v) is 1.85. The number of benzene rings is 1. The van der Waals surface area contributed by atoms with Crippen molar-refractivity contribution in [3.05, 3.63) is 42.0 Å². The van der Waals surface area contributed by atoms with Crippen LogP contribution >= 0.6 is 0 Å². The number of rotatable bonds is 4. The molecule has 0 spiro atoms. The molecule has 1 aliphatic rings. The minimum Gasteiger partial charge on any atom is -0.276 e. The summed E-state index contributed by atoms with van der Waals surface area (Å²) in [5.41, 5.74) is 4.78. The summed E-state index contributed by atoms with van der Waals surface area (Å²) in [6, 6.07) is 6.11. The van der Waals surface area contributed by atoms with Gasteiger partial charge in [-0.1, -0.05) is 12.1 Å². The van der Waals surface area contributed by atoms with Crippen molar-refractivity contribution in [2.75, 3.05) is 0 Å². The molecule has 0 unspecified atom stereocenters. The highest BCUT2D eigenvalue weighted by molar-refractivity contribution is 5.89. The van der Waals surface area contributed by atoms with Crippen molar-refractivity contribution < 1.29 is 9.18 Å². The third kappa shape index (κ3) is 2.74. The summed E-state index contributed by atoms with van der Waals surface area (Å²) in [5.74, 6) is -0.223. The van der Waals surface area contributed by atoms with Gasteiger partial charge in [0.2, 0.25) is 5.91 Å². The summed E-state index contributed by atoms with van der Waals surface area (Å²) >= 11 is 0. The molecule has 102 valence electrons. The van der Waals surface area contributed by atoms with Crippen LogP contribution in [-0.4, -0.2) is 22.3 Å². The highest BCUT2D eigenvalue weighted by Crippen LogP contribution is 2.28. The third-order valence-electron chi connectivity index (χ3n) is 3.14. The second kappa shape index (κ2) is 5.24. The molecule has 2 N–H and O–H groups in total. The van der Waals surface area contributed by atoms with E-state index in [0.717, 1.165) is 24.0 Å². The summed E-state index contributed by atoms with van der Waals surface area (Å²) in [6.45, 7) is 0. The van der Waals surface area contributed by atoms with E-state index in [2.05, 4.69) is 20.7 Å². The van der Waals surface area contributed by atoms with Crippen LogP contribution in [0.5, 0.6) is 0 Å². The average Bonchev–Trinajstić information content (AvgIpc) is 3.20. The van der Waals surface area contributed by atoms with Gasteiger partial charge in [0.15, 0.2) is 0 Å². The van der Waals surface area contributed by atoms with Crippen LogP contribution in [0.4, 0.5) is 4.39 Å². The van der Waals surface area contributed by atoms with Gasteiger partial charge in [0.1, 0.15) is 5.82 Å². The van der Waals surface area contributed by atoms with E-state index in [1.807, 2.05) is 0 Å². The van der Waals surface area contributed by atoms with Crippen molar-refractivity contribution in [1.29, 1.82) is 0 Å². The molecule has 1 aromatic carbocycles. The molecule has 1 amide bonds. The Hall–Kier alpha value is -2.50. The van der Waals surface area contributed by atoms with Crippen molar-refractivity contribution in [1.82, 2.24) is 15.6 Å². The van der Waals surface area contributed by atoms with E-state index in [0.29, 0.717) is 5.69 Å². The van der Waals surface area contributed by atoms with E-state index in [1.165, 1.54) is 18.3 Å². The van der Waals surface area contributed by atoms with Crippen LogP contribution in [0.1, 0.15) is 18.5 Å². The van der Waals surface area contributed by atoms with Crippen molar-refractivity contribution >= 4 is 12.1 Å². The number of carbonyl (C=O) groups is 1. The standard InChI is InChI=1S/C14H13FN4O/c15-11-5-3-9(4-6-11)12-7-16-18-13(12)8-17-19-14(20)10-1-2-10/h3-8,10H,1-2H2,(H,16,18)(H,19,20)/b17-8+. The molecular weight excluding hydrogens is 259 g/mol. The summed E-state index contributed by atoms with van der Waals surface area (Å²) < 4.78 is 12.9. The van der Waals surface area contributed by atoms with Gasteiger partial charge in [-0.25, -0.2) is 9.82 Å². The van der Waals surface area contributed by atoms with Gasteiger partial charge in [0.05, 0.1) is 18.1 Å². The Labute approximate surface area is 114 Å². The Morgan fingerprint density at radius 3 is 2.85 bits per heavy atom. The zero-order valence-electron chi connectivity index (χ0n) is 10.6. The SMILES string of the molecule is O=C(N/N=C/c1[nH]ncc1-c1ccc(F)cc1)C1CC1. The number of aromatic amines is 1. The Morgan fingerprint density at radius 1 is 1.40 bits per heavy atom. The quantitative estimate of drug-likeness (QED) is 0.660. The fourth-order valence-electron chi connectivity index (χ4n) is 1.85. The highest BCUT2D eigenvalue weighted by Gasteiger charge is 2.29. The molecule has 0 atom stereocenters. The van der Waals surface area contributed by atoms with Gasteiger partial charge in [-0.3, -0.25) is 9.89 Å². The lowest BCUT2D eigenvalue weighted by atomic mass is 10.1. The molecule has 0 radical (unpaired) electrons. The summed E-state index contributed by atoms with van der Waals surface area (Å²) in [7, 11) is 0. The molecule has 1 heterocycles. The maximum atomic E-state index is 12.9. The number of H-pyrrole nitrogens is 1. The number of hydrazone groups is 1. The van der Waals surface area contributed by atoms with Crippen LogP contribution in [0.25, 0.3) is 11.1 Å². The van der Waals surface area contributed by atoms with Crippen molar-refractivity contribution in [2.45, 2.75) is 12.8 Å². The number of halogens is 1. The minimum absolute atomic E-state index is 0.0518. The molecular formula is C14H13FN4O. The zero-order valence-corrected chi connectivity index (χ0v) is 10.6. The normalized spacial score (nSPS) is 14.7. The average molecular weight is 272 g/mol. The van der Waals surface area contributed by atoms with Gasteiger partial charge in [-0.15, -0.1) is 0 Å². The maximum absolute atomic E-state index is 12.9. The number of hydrogen-bond acceptors (Lipinski definition) is 3. The van der Waals surface area contributed by atoms with Crippen LogP contribution in [0.15, 0.2) is 35.6 Å². The maximum Gasteiger partial charge on any atom is 0.243 e. The first-order valence-electron chi connectivity index (χ1n) is 6.36. The second-order valence-electron chi connectivity index (χ2n) is 4.71. The molecule has 1 aliphatic carbocycles. The molecule has 20 heavy (non-hydrogen) atoms. The smallest absolute Gasteiger partial charge is 0.243 e. The number of amides is 1. The largest absolute Gasteiger partial charge is 0.276 e. The minimum atomic E-state index is -0.288. The molecule has 3 rings (SSSR count). The fraction of sp³-hybridized carbons (Fsp3) is 0.214. The highest BCUT2D eigenvalue weighted by atomic mass is 19.1. The molecule has 5 nitrogen and oxygen atoms in total. The summed E-state index contributed by atoms with van der Waals surface area (Å²) in [6.07, 6.45) is 5.02. The van der Waals surface area contributed by atoms with E-state index in [9.17, 15) is 9.18 Å². The van der Waals surface area contributed by atoms with Gasteiger partial charge in [0, 0.05) is 11.5 Å². The van der Waals surface area contributed by atoms with Gasteiger partial charge < -0.3 is 0 Å². The van der Waals surface area contributed by atoms with Gasteiger partial charge in [-0.05, 0) is 30.5 Å². The Bertz CT molecular complexity index is 643. The second-order valence-corrected chi connectivity index (χ2v) is 4.71. The van der Waals surface area contributed by atoms with E-state index < -0.39 is 0 Å². The molecule has 0 bridgehead atoms. The lowest BCUT2D eigenvalue weighted by Gasteiger charge is -1.99. The molecule has 2 aromatic rings. The number of aromatic nitrogens is 2. The number of carbonyl (C=O) groups excluding carboxylic acids is 1. The van der Waals surface area contributed by atoms with Gasteiger partial charge >= 0.3 is 0 Å². The first-order valence-corrected chi connectivity index (χ1v) is 6.36. The van der Waals surface area contributed by atoms with Crippen LogP contribution in [0.2, 0.25) is 0 Å². The Morgan fingerprint density at radius 2 is 2.15 bits per heavy atom. The number of nitrogens with zero attached hydrogens (tertiary/aromatic N) is 2. The summed E-state index contributed by atoms with van der Waals surface area (Å²) in [5, 5.41) is 10.6. The number of hydrogen-bond donors (Lipinski definition) is 2. The molecule has 1 aromatic heterocycles. The van der Waals surface area contributed by atoms with E-state index in [1.54, 1.807) is 18.3 Å². The molecule has 0 saturated heterocycles. The van der Waals surface area contributed by atoms with Crippen molar-refractivity contribution in [3.8, 4) is 11.1 Å². The summed E-state index contributed by atoms with van der Waals surface area (Å²) in [4.78, 5) is 11.4. The molecule has 0 aliphatic heterocycles. The van der Waals surface area contributed by atoms with Gasteiger partial charge in [-0.2, -0.15) is 10.2 Å². The predicted octanol–water partition coefficient (Wildman–Crippen LogP) is 2.08. The van der Waals surface area contributed by atoms with Crippen molar-refractivity contribution in [2.24, 2.45) is 11.0 Å². The van der Waals surface area contributed by atoms with Crippen LogP contribution < -0.4 is 5.43 Å². The zero-order chi connectivity index (χ0) is 13.9. The first kappa shape index (κ1) is 12.5. The predicted molar refractivity (Wildman–Crippen MR) is 72.4 cm³/mol. The molecule has 6 heteroatoms. The Kier molecular flexibility index (Phi) is 3.28. The number of nitrogens with one attached hydrogen (secondary N) is 2. The van der Waals surface area contributed by atoms with Gasteiger partial charge in [0.25, 0.3) is 0 Å². The Balaban J connectivity index is 1.74. The van der Waals surface area contributed by atoms with Crippen molar-refractivity contribution in [3.63, 3.8) is 0 Å². The van der Waals surface area contributed by atoms with Crippen LogP contribution in [0.3, 0.4) is 0 Å². The van der Waals surface area contributed by atoms with E-state index in [4.69, 9.17) is 0 Å². The lowest BCUT2D eigenvalue weighted by molar-refractivity contribution is -0.122.